The number of aromatic nitrogens is 2. The Kier molecular flexibility index (Phi) is 3.84. The molecule has 1 aliphatic heterocycles. The molecule has 0 bridgehead atoms. The summed E-state index contributed by atoms with van der Waals surface area (Å²) in [4.78, 5) is 12.8. The Bertz CT molecular complexity index is 772. The number of aryl methyl sites for hydroxylation is 1. The van der Waals surface area contributed by atoms with Crippen molar-refractivity contribution in [2.75, 3.05) is 13.1 Å². The van der Waals surface area contributed by atoms with E-state index in [1.165, 1.54) is 6.07 Å². The third kappa shape index (κ3) is 2.60. The first-order valence-corrected chi connectivity index (χ1v) is 8.40. The Morgan fingerprint density at radius 3 is 3.08 bits per heavy atom. The average Bonchev–Trinajstić information content (AvgIpc) is 3.27. The van der Waals surface area contributed by atoms with Crippen molar-refractivity contribution in [3.8, 4) is 0 Å². The van der Waals surface area contributed by atoms with Crippen LogP contribution in [0.1, 0.15) is 35.1 Å². The Morgan fingerprint density at radius 2 is 2.29 bits per heavy atom. The standard InChI is InChI=1S/C18H21FN4O/c1-23-10-11(7-21-23)14-8-20-9-15(14)18(24)22-17-6-5-12-13(17)3-2-4-16(12)19/h2-4,7,10,14-15,17,20H,5-6,8-9H2,1H3,(H,22,24)/t14-,15+,17?/m1/s1. The third-order valence-corrected chi connectivity index (χ3v) is 5.23. The van der Waals surface area contributed by atoms with E-state index in [1.54, 1.807) is 10.7 Å². The summed E-state index contributed by atoms with van der Waals surface area (Å²) in [6.45, 7) is 1.44. The van der Waals surface area contributed by atoms with Gasteiger partial charge < -0.3 is 10.6 Å². The van der Waals surface area contributed by atoms with Crippen LogP contribution < -0.4 is 10.6 Å². The maximum atomic E-state index is 13.9. The van der Waals surface area contributed by atoms with E-state index in [0.29, 0.717) is 13.0 Å². The molecule has 0 spiro atoms. The number of amides is 1. The van der Waals surface area contributed by atoms with Crippen LogP contribution in [0.3, 0.4) is 0 Å². The summed E-state index contributed by atoms with van der Waals surface area (Å²) in [5.74, 6) is -0.116. The molecule has 0 radical (unpaired) electrons. The fraction of sp³-hybridized carbons (Fsp3) is 0.444. The molecule has 2 N–H and O–H groups in total. The predicted octanol–water partition coefficient (Wildman–Crippen LogP) is 1.67. The van der Waals surface area contributed by atoms with Crippen LogP contribution >= 0.6 is 0 Å². The fourth-order valence-electron chi connectivity index (χ4n) is 3.97. The van der Waals surface area contributed by atoms with Gasteiger partial charge in [0.05, 0.1) is 18.2 Å². The van der Waals surface area contributed by atoms with Gasteiger partial charge in [-0.2, -0.15) is 5.10 Å². The van der Waals surface area contributed by atoms with Crippen LogP contribution in [0.4, 0.5) is 4.39 Å². The zero-order valence-electron chi connectivity index (χ0n) is 13.6. The van der Waals surface area contributed by atoms with Crippen molar-refractivity contribution in [3.05, 3.63) is 53.1 Å². The second-order valence-electron chi connectivity index (χ2n) is 6.73. The Morgan fingerprint density at radius 1 is 1.42 bits per heavy atom. The number of fused-ring (bicyclic) bond motifs is 1. The molecule has 24 heavy (non-hydrogen) atoms. The molecule has 5 nitrogen and oxygen atoms in total. The molecule has 6 heteroatoms. The van der Waals surface area contributed by atoms with E-state index in [0.717, 1.165) is 29.7 Å². The van der Waals surface area contributed by atoms with Gasteiger partial charge in [-0.15, -0.1) is 0 Å². The fourth-order valence-corrected chi connectivity index (χ4v) is 3.97. The van der Waals surface area contributed by atoms with Crippen LogP contribution in [-0.2, 0) is 18.3 Å². The summed E-state index contributed by atoms with van der Waals surface area (Å²) >= 11 is 0. The first-order chi connectivity index (χ1) is 11.6. The minimum Gasteiger partial charge on any atom is -0.349 e. The SMILES string of the molecule is Cn1cc([C@H]2CNC[C@@H]2C(=O)NC2CCc3c(F)cccc32)cn1. The Balaban J connectivity index is 1.50. The molecular formula is C18H21FN4O. The molecule has 2 heterocycles. The molecule has 1 unspecified atom stereocenters. The summed E-state index contributed by atoms with van der Waals surface area (Å²) in [7, 11) is 1.88. The average molecular weight is 328 g/mol. The van der Waals surface area contributed by atoms with Gasteiger partial charge in [0.25, 0.3) is 0 Å². The highest BCUT2D eigenvalue weighted by Crippen LogP contribution is 2.34. The number of benzene rings is 1. The van der Waals surface area contributed by atoms with E-state index >= 15 is 0 Å². The van der Waals surface area contributed by atoms with Crippen molar-refractivity contribution >= 4 is 5.91 Å². The van der Waals surface area contributed by atoms with Crippen molar-refractivity contribution in [2.24, 2.45) is 13.0 Å². The van der Waals surface area contributed by atoms with E-state index in [-0.39, 0.29) is 29.6 Å². The van der Waals surface area contributed by atoms with E-state index in [9.17, 15) is 9.18 Å². The van der Waals surface area contributed by atoms with Crippen molar-refractivity contribution < 1.29 is 9.18 Å². The summed E-state index contributed by atoms with van der Waals surface area (Å²) < 4.78 is 15.6. The molecule has 1 saturated heterocycles. The maximum Gasteiger partial charge on any atom is 0.225 e. The van der Waals surface area contributed by atoms with Crippen LogP contribution in [-0.4, -0.2) is 28.8 Å². The first kappa shape index (κ1) is 15.3. The maximum absolute atomic E-state index is 13.9. The molecular weight excluding hydrogens is 307 g/mol. The molecule has 2 aliphatic rings. The number of hydrogen-bond acceptors (Lipinski definition) is 3. The van der Waals surface area contributed by atoms with Crippen molar-refractivity contribution in [2.45, 2.75) is 24.8 Å². The predicted molar refractivity (Wildman–Crippen MR) is 87.9 cm³/mol. The highest BCUT2D eigenvalue weighted by Gasteiger charge is 2.36. The number of nitrogens with zero attached hydrogens (tertiary/aromatic N) is 2. The third-order valence-electron chi connectivity index (χ3n) is 5.23. The molecule has 1 fully saturated rings. The highest BCUT2D eigenvalue weighted by molar-refractivity contribution is 5.81. The van der Waals surface area contributed by atoms with E-state index in [2.05, 4.69) is 15.7 Å². The lowest BCUT2D eigenvalue weighted by molar-refractivity contribution is -0.125. The quantitative estimate of drug-likeness (QED) is 0.901. The monoisotopic (exact) mass is 328 g/mol. The van der Waals surface area contributed by atoms with Gasteiger partial charge in [-0.25, -0.2) is 4.39 Å². The number of hydrogen-bond donors (Lipinski definition) is 2. The van der Waals surface area contributed by atoms with Crippen LogP contribution in [0, 0.1) is 11.7 Å². The molecule has 4 rings (SSSR count). The summed E-state index contributed by atoms with van der Waals surface area (Å²) in [5, 5.41) is 10.7. The highest BCUT2D eigenvalue weighted by atomic mass is 19.1. The lowest BCUT2D eigenvalue weighted by Gasteiger charge is -2.21. The molecule has 1 aliphatic carbocycles. The molecule has 1 aromatic heterocycles. The van der Waals surface area contributed by atoms with Crippen LogP contribution in [0.5, 0.6) is 0 Å². The van der Waals surface area contributed by atoms with Gasteiger partial charge in [-0.05, 0) is 35.6 Å². The van der Waals surface area contributed by atoms with E-state index < -0.39 is 0 Å². The Labute approximate surface area is 140 Å². The van der Waals surface area contributed by atoms with E-state index in [1.807, 2.05) is 25.5 Å². The van der Waals surface area contributed by atoms with Crippen LogP contribution in [0.25, 0.3) is 0 Å². The topological polar surface area (TPSA) is 59.0 Å². The van der Waals surface area contributed by atoms with Gasteiger partial charge in [-0.3, -0.25) is 9.48 Å². The molecule has 1 aromatic carbocycles. The van der Waals surface area contributed by atoms with Crippen molar-refractivity contribution in [1.82, 2.24) is 20.4 Å². The number of rotatable bonds is 3. The lowest BCUT2D eigenvalue weighted by Crippen LogP contribution is -2.36. The second kappa shape index (κ2) is 6.02. The summed E-state index contributed by atoms with van der Waals surface area (Å²) in [6, 6.07) is 5.04. The molecule has 2 aromatic rings. The van der Waals surface area contributed by atoms with Crippen molar-refractivity contribution in [3.63, 3.8) is 0 Å². The second-order valence-corrected chi connectivity index (χ2v) is 6.73. The zero-order valence-corrected chi connectivity index (χ0v) is 13.6. The minimum absolute atomic E-state index is 0.0379. The van der Waals surface area contributed by atoms with Gasteiger partial charge >= 0.3 is 0 Å². The van der Waals surface area contributed by atoms with Gasteiger partial charge in [-0.1, -0.05) is 12.1 Å². The van der Waals surface area contributed by atoms with E-state index in [4.69, 9.17) is 0 Å². The zero-order chi connectivity index (χ0) is 16.7. The number of nitrogens with one attached hydrogen (secondary N) is 2. The normalized spacial score (nSPS) is 25.7. The molecule has 3 atom stereocenters. The first-order valence-electron chi connectivity index (χ1n) is 8.40. The number of halogens is 1. The summed E-state index contributed by atoms with van der Waals surface area (Å²) in [5.41, 5.74) is 2.75. The van der Waals surface area contributed by atoms with Gasteiger partial charge in [0.1, 0.15) is 5.82 Å². The summed E-state index contributed by atoms with van der Waals surface area (Å²) in [6.07, 6.45) is 5.25. The molecule has 1 amide bonds. The molecule has 126 valence electrons. The van der Waals surface area contributed by atoms with Crippen molar-refractivity contribution in [1.29, 1.82) is 0 Å². The minimum atomic E-state index is -0.167. The lowest BCUT2D eigenvalue weighted by atomic mass is 9.90. The number of carbonyl (C=O) groups excluding carboxylic acids is 1. The largest absolute Gasteiger partial charge is 0.349 e. The smallest absolute Gasteiger partial charge is 0.225 e. The van der Waals surface area contributed by atoms with Crippen LogP contribution in [0.15, 0.2) is 30.6 Å². The molecule has 0 saturated carbocycles. The van der Waals surface area contributed by atoms with Crippen LogP contribution in [0.2, 0.25) is 0 Å². The Hall–Kier alpha value is -2.21. The van der Waals surface area contributed by atoms with Gasteiger partial charge in [0.2, 0.25) is 5.91 Å². The number of carbonyl (C=O) groups is 1. The van der Waals surface area contributed by atoms with Gasteiger partial charge in [0.15, 0.2) is 0 Å². The van der Waals surface area contributed by atoms with Gasteiger partial charge in [0, 0.05) is 32.3 Å².